The molecule has 0 amide bonds. The monoisotopic (exact) mass is 230 g/mol. The first-order valence-corrected chi connectivity index (χ1v) is 6.39. The van der Waals surface area contributed by atoms with Gasteiger partial charge in [0.15, 0.2) is 0 Å². The van der Waals surface area contributed by atoms with E-state index in [1.807, 2.05) is 23.1 Å². The minimum atomic E-state index is 0.108. The van der Waals surface area contributed by atoms with Crippen molar-refractivity contribution in [2.75, 3.05) is 0 Å². The summed E-state index contributed by atoms with van der Waals surface area (Å²) in [6.45, 7) is 0. The van der Waals surface area contributed by atoms with Gasteiger partial charge in [0.2, 0.25) is 0 Å². The van der Waals surface area contributed by atoms with Crippen LogP contribution in [-0.4, -0.2) is 14.6 Å². The minimum Gasteiger partial charge on any atom is -0.324 e. The van der Waals surface area contributed by atoms with Crippen molar-refractivity contribution in [1.29, 1.82) is 0 Å². The first-order valence-electron chi connectivity index (χ1n) is 6.39. The summed E-state index contributed by atoms with van der Waals surface area (Å²) < 4.78 is 1.85. The van der Waals surface area contributed by atoms with Crippen LogP contribution >= 0.6 is 0 Å². The number of nitrogens with two attached hydrogens (primary N) is 1. The fourth-order valence-electron chi connectivity index (χ4n) is 2.86. The van der Waals surface area contributed by atoms with Crippen LogP contribution in [0.2, 0.25) is 0 Å². The maximum Gasteiger partial charge on any atom is 0.0892 e. The largest absolute Gasteiger partial charge is 0.324 e. The van der Waals surface area contributed by atoms with Gasteiger partial charge >= 0.3 is 0 Å². The standard InChI is InChI=1S/C13H18N4/c14-13(10-4-2-1-3-5-10)11-8-16-17-7-6-15-9-12(11)17/h6-10,13H,1-5,14H2. The van der Waals surface area contributed by atoms with E-state index in [9.17, 15) is 0 Å². The van der Waals surface area contributed by atoms with Gasteiger partial charge in [0.1, 0.15) is 0 Å². The van der Waals surface area contributed by atoms with Gasteiger partial charge < -0.3 is 5.73 Å². The van der Waals surface area contributed by atoms with Crippen LogP contribution in [0.5, 0.6) is 0 Å². The highest BCUT2D eigenvalue weighted by Gasteiger charge is 2.24. The molecule has 2 aromatic heterocycles. The zero-order valence-electron chi connectivity index (χ0n) is 9.92. The highest BCUT2D eigenvalue weighted by atomic mass is 15.2. The van der Waals surface area contributed by atoms with Crippen LogP contribution in [0.15, 0.2) is 24.8 Å². The lowest BCUT2D eigenvalue weighted by Gasteiger charge is -2.26. The van der Waals surface area contributed by atoms with Gasteiger partial charge in [-0.3, -0.25) is 4.98 Å². The van der Waals surface area contributed by atoms with Crippen LogP contribution in [0.25, 0.3) is 5.52 Å². The fourth-order valence-corrected chi connectivity index (χ4v) is 2.86. The van der Waals surface area contributed by atoms with Gasteiger partial charge in [-0.1, -0.05) is 19.3 Å². The van der Waals surface area contributed by atoms with Gasteiger partial charge in [-0.25, -0.2) is 4.52 Å². The third-order valence-corrected chi connectivity index (χ3v) is 3.87. The van der Waals surface area contributed by atoms with E-state index >= 15 is 0 Å². The van der Waals surface area contributed by atoms with Crippen LogP contribution in [0.3, 0.4) is 0 Å². The molecule has 0 spiro atoms. The third kappa shape index (κ3) is 1.93. The second kappa shape index (κ2) is 4.45. The second-order valence-electron chi connectivity index (χ2n) is 4.93. The lowest BCUT2D eigenvalue weighted by molar-refractivity contribution is 0.309. The maximum atomic E-state index is 6.40. The van der Waals surface area contributed by atoms with Crippen molar-refractivity contribution in [3.05, 3.63) is 30.4 Å². The molecule has 4 heteroatoms. The quantitative estimate of drug-likeness (QED) is 0.861. The Bertz CT molecular complexity index is 499. The van der Waals surface area contributed by atoms with Crippen molar-refractivity contribution in [1.82, 2.24) is 14.6 Å². The Balaban J connectivity index is 1.92. The molecule has 0 radical (unpaired) electrons. The number of hydrogen-bond donors (Lipinski definition) is 1. The van der Waals surface area contributed by atoms with Crippen LogP contribution in [-0.2, 0) is 0 Å². The van der Waals surface area contributed by atoms with Gasteiger partial charge in [-0.05, 0) is 18.8 Å². The SMILES string of the molecule is NC(c1cnn2ccncc12)C1CCCCC1. The zero-order chi connectivity index (χ0) is 11.7. The number of nitrogens with zero attached hydrogens (tertiary/aromatic N) is 3. The summed E-state index contributed by atoms with van der Waals surface area (Å²) in [6, 6.07) is 0.108. The Morgan fingerprint density at radius 3 is 2.88 bits per heavy atom. The summed E-state index contributed by atoms with van der Waals surface area (Å²) in [5, 5.41) is 4.33. The van der Waals surface area contributed by atoms with Crippen LogP contribution in [0.1, 0.15) is 43.7 Å². The Hall–Kier alpha value is -1.42. The lowest BCUT2D eigenvalue weighted by Crippen LogP contribution is -2.23. The summed E-state index contributed by atoms with van der Waals surface area (Å²) in [5.74, 6) is 0.608. The van der Waals surface area contributed by atoms with E-state index in [4.69, 9.17) is 5.73 Å². The molecular weight excluding hydrogens is 212 g/mol. The average molecular weight is 230 g/mol. The Morgan fingerprint density at radius 1 is 1.24 bits per heavy atom. The van der Waals surface area contributed by atoms with Crippen LogP contribution in [0.4, 0.5) is 0 Å². The molecule has 1 aliphatic carbocycles. The normalized spacial score (nSPS) is 19.6. The summed E-state index contributed by atoms with van der Waals surface area (Å²) >= 11 is 0. The molecule has 0 aliphatic heterocycles. The summed E-state index contributed by atoms with van der Waals surface area (Å²) in [6.07, 6.45) is 13.9. The summed E-state index contributed by atoms with van der Waals surface area (Å²) in [4.78, 5) is 4.16. The van der Waals surface area contributed by atoms with E-state index in [1.165, 1.54) is 32.1 Å². The zero-order valence-corrected chi connectivity index (χ0v) is 9.92. The van der Waals surface area contributed by atoms with E-state index in [0.29, 0.717) is 5.92 Å². The molecule has 2 aromatic rings. The summed E-state index contributed by atoms with van der Waals surface area (Å²) in [7, 11) is 0. The molecule has 1 aliphatic rings. The summed E-state index contributed by atoms with van der Waals surface area (Å²) in [5.41, 5.74) is 8.59. The maximum absolute atomic E-state index is 6.40. The molecule has 1 saturated carbocycles. The van der Waals surface area contributed by atoms with Crippen LogP contribution in [0, 0.1) is 5.92 Å². The van der Waals surface area contributed by atoms with Gasteiger partial charge in [0.25, 0.3) is 0 Å². The second-order valence-corrected chi connectivity index (χ2v) is 4.93. The van der Waals surface area contributed by atoms with Crippen molar-refractivity contribution < 1.29 is 0 Å². The van der Waals surface area contributed by atoms with Gasteiger partial charge in [-0.15, -0.1) is 0 Å². The molecule has 0 bridgehead atoms. The van der Waals surface area contributed by atoms with Gasteiger partial charge in [0.05, 0.1) is 17.9 Å². The minimum absolute atomic E-state index is 0.108. The van der Waals surface area contributed by atoms with Crippen molar-refractivity contribution >= 4 is 5.52 Å². The predicted molar refractivity (Wildman–Crippen MR) is 66.5 cm³/mol. The van der Waals surface area contributed by atoms with E-state index in [-0.39, 0.29) is 6.04 Å². The molecule has 1 atom stereocenters. The lowest BCUT2D eigenvalue weighted by atomic mass is 9.82. The molecule has 1 unspecified atom stereocenters. The number of hydrogen-bond acceptors (Lipinski definition) is 3. The van der Waals surface area contributed by atoms with E-state index in [0.717, 1.165) is 11.1 Å². The van der Waals surface area contributed by atoms with E-state index in [2.05, 4.69) is 10.1 Å². The topological polar surface area (TPSA) is 56.2 Å². The Kier molecular flexibility index (Phi) is 2.81. The number of rotatable bonds is 2. The van der Waals surface area contributed by atoms with E-state index < -0.39 is 0 Å². The molecule has 2 heterocycles. The first-order chi connectivity index (χ1) is 8.36. The van der Waals surface area contributed by atoms with Crippen molar-refractivity contribution in [3.63, 3.8) is 0 Å². The molecule has 90 valence electrons. The molecule has 17 heavy (non-hydrogen) atoms. The highest BCUT2D eigenvalue weighted by molar-refractivity contribution is 5.53. The van der Waals surface area contributed by atoms with Crippen molar-refractivity contribution in [2.24, 2.45) is 11.7 Å². The highest BCUT2D eigenvalue weighted by Crippen LogP contribution is 2.34. The molecular formula is C13H18N4. The van der Waals surface area contributed by atoms with Gasteiger partial charge in [0, 0.05) is 24.0 Å². The molecule has 0 aromatic carbocycles. The van der Waals surface area contributed by atoms with Crippen LogP contribution < -0.4 is 5.73 Å². The molecule has 1 fully saturated rings. The molecule has 0 saturated heterocycles. The smallest absolute Gasteiger partial charge is 0.0892 e. The number of fused-ring (bicyclic) bond motifs is 1. The Labute approximate surface area is 101 Å². The average Bonchev–Trinajstić information content (AvgIpc) is 2.83. The van der Waals surface area contributed by atoms with Crippen molar-refractivity contribution in [3.8, 4) is 0 Å². The molecule has 3 rings (SSSR count). The Morgan fingerprint density at radius 2 is 2.06 bits per heavy atom. The number of aromatic nitrogens is 3. The van der Waals surface area contributed by atoms with Crippen molar-refractivity contribution in [2.45, 2.75) is 38.1 Å². The molecule has 4 nitrogen and oxygen atoms in total. The fraction of sp³-hybridized carbons (Fsp3) is 0.538. The van der Waals surface area contributed by atoms with Gasteiger partial charge in [-0.2, -0.15) is 5.10 Å². The first kappa shape index (κ1) is 10.7. The third-order valence-electron chi connectivity index (χ3n) is 3.87. The predicted octanol–water partition coefficient (Wildman–Crippen LogP) is 2.31. The molecule has 2 N–H and O–H groups in total. The van der Waals surface area contributed by atoms with E-state index in [1.54, 1.807) is 6.20 Å².